The molecule has 0 heterocycles. The quantitative estimate of drug-likeness (QED) is 0.876. The Kier molecular flexibility index (Phi) is 4.46. The molecule has 0 aliphatic heterocycles. The third-order valence-corrected chi connectivity index (χ3v) is 2.31. The van der Waals surface area contributed by atoms with Gasteiger partial charge in [-0.15, -0.1) is 0 Å². The van der Waals surface area contributed by atoms with Crippen LogP contribution in [0.4, 0.5) is 14.9 Å². The Bertz CT molecular complexity index is 518. The minimum atomic E-state index is -1.01. The van der Waals surface area contributed by atoms with E-state index in [1.165, 1.54) is 24.1 Å². The molecule has 0 unspecified atom stereocenters. The van der Waals surface area contributed by atoms with Crippen LogP contribution < -0.4 is 5.32 Å². The van der Waals surface area contributed by atoms with Crippen LogP contribution in [0.5, 0.6) is 0 Å². The SMILES string of the molecule is CN(CC(C)(C)O)C(=O)Nc1ccc(F)c(C#N)c1. The molecule has 0 bridgehead atoms. The summed E-state index contributed by atoms with van der Waals surface area (Å²) in [5.74, 6) is -0.634. The number of carbonyl (C=O) groups excluding carboxylic acids is 1. The fourth-order valence-electron chi connectivity index (χ4n) is 1.56. The zero-order valence-electron chi connectivity index (χ0n) is 11.1. The number of benzene rings is 1. The van der Waals surface area contributed by atoms with E-state index in [4.69, 9.17) is 5.26 Å². The van der Waals surface area contributed by atoms with Crippen LogP contribution in [-0.4, -0.2) is 35.2 Å². The zero-order valence-corrected chi connectivity index (χ0v) is 11.1. The van der Waals surface area contributed by atoms with Crippen molar-refractivity contribution in [3.05, 3.63) is 29.6 Å². The first-order valence-corrected chi connectivity index (χ1v) is 5.67. The molecule has 0 spiro atoms. The van der Waals surface area contributed by atoms with Crippen molar-refractivity contribution in [1.29, 1.82) is 5.26 Å². The van der Waals surface area contributed by atoms with Gasteiger partial charge in [-0.1, -0.05) is 0 Å². The molecule has 0 aliphatic carbocycles. The van der Waals surface area contributed by atoms with Crippen LogP contribution in [0, 0.1) is 17.1 Å². The Hall–Kier alpha value is -2.13. The molecule has 1 aromatic rings. The molecule has 19 heavy (non-hydrogen) atoms. The molecule has 0 saturated heterocycles. The standard InChI is InChI=1S/C13H16FN3O2/c1-13(2,19)8-17(3)12(18)16-10-4-5-11(14)9(6-10)7-15/h4-6,19H,8H2,1-3H3,(H,16,18). The summed E-state index contributed by atoms with van der Waals surface area (Å²) in [6.07, 6.45) is 0. The van der Waals surface area contributed by atoms with Crippen LogP contribution in [0.15, 0.2) is 18.2 Å². The van der Waals surface area contributed by atoms with E-state index >= 15 is 0 Å². The molecular formula is C13H16FN3O2. The third-order valence-electron chi connectivity index (χ3n) is 2.31. The lowest BCUT2D eigenvalue weighted by atomic mass is 10.1. The van der Waals surface area contributed by atoms with Gasteiger partial charge in [0.1, 0.15) is 11.9 Å². The Morgan fingerprint density at radius 2 is 2.21 bits per heavy atom. The summed E-state index contributed by atoms with van der Waals surface area (Å²) >= 11 is 0. The number of anilines is 1. The lowest BCUT2D eigenvalue weighted by molar-refractivity contribution is 0.0550. The van der Waals surface area contributed by atoms with Crippen molar-refractivity contribution in [3.63, 3.8) is 0 Å². The van der Waals surface area contributed by atoms with Crippen LogP contribution >= 0.6 is 0 Å². The molecular weight excluding hydrogens is 249 g/mol. The van der Waals surface area contributed by atoms with E-state index in [0.717, 1.165) is 6.07 Å². The molecule has 5 nitrogen and oxygen atoms in total. The van der Waals surface area contributed by atoms with Gasteiger partial charge in [0.05, 0.1) is 17.7 Å². The van der Waals surface area contributed by atoms with Gasteiger partial charge in [0.15, 0.2) is 0 Å². The number of nitrogens with one attached hydrogen (secondary N) is 1. The monoisotopic (exact) mass is 265 g/mol. The first-order chi connectivity index (χ1) is 8.73. The van der Waals surface area contributed by atoms with Gasteiger partial charge in [0.25, 0.3) is 0 Å². The van der Waals surface area contributed by atoms with Crippen LogP contribution in [0.3, 0.4) is 0 Å². The number of halogens is 1. The fourth-order valence-corrected chi connectivity index (χ4v) is 1.56. The van der Waals surface area contributed by atoms with Gasteiger partial charge in [0.2, 0.25) is 0 Å². The van der Waals surface area contributed by atoms with Crippen molar-refractivity contribution in [3.8, 4) is 6.07 Å². The normalized spacial score (nSPS) is 10.7. The minimum Gasteiger partial charge on any atom is -0.389 e. The smallest absolute Gasteiger partial charge is 0.321 e. The number of amides is 2. The van der Waals surface area contributed by atoms with Gasteiger partial charge in [0, 0.05) is 12.7 Å². The Balaban J connectivity index is 2.75. The maximum absolute atomic E-state index is 13.1. The van der Waals surface area contributed by atoms with Gasteiger partial charge in [-0.25, -0.2) is 9.18 Å². The van der Waals surface area contributed by atoms with Gasteiger partial charge >= 0.3 is 6.03 Å². The molecule has 1 rings (SSSR count). The van der Waals surface area contributed by atoms with Gasteiger partial charge in [-0.05, 0) is 32.0 Å². The molecule has 0 aromatic heterocycles. The summed E-state index contributed by atoms with van der Waals surface area (Å²) in [7, 11) is 1.53. The summed E-state index contributed by atoms with van der Waals surface area (Å²) in [6.45, 7) is 3.32. The van der Waals surface area contributed by atoms with Crippen LogP contribution in [0.1, 0.15) is 19.4 Å². The van der Waals surface area contributed by atoms with E-state index in [0.29, 0.717) is 5.69 Å². The number of likely N-dealkylation sites (N-methyl/N-ethyl adjacent to an activating group) is 1. The number of aliphatic hydroxyl groups is 1. The van der Waals surface area contributed by atoms with E-state index < -0.39 is 17.4 Å². The summed E-state index contributed by atoms with van der Waals surface area (Å²) in [6, 6.07) is 4.99. The topological polar surface area (TPSA) is 76.4 Å². The lowest BCUT2D eigenvalue weighted by Crippen LogP contribution is -2.41. The number of hydrogen-bond donors (Lipinski definition) is 2. The highest BCUT2D eigenvalue weighted by Crippen LogP contribution is 2.14. The number of nitriles is 1. The van der Waals surface area contributed by atoms with E-state index in [9.17, 15) is 14.3 Å². The molecule has 2 N–H and O–H groups in total. The number of hydrogen-bond acceptors (Lipinski definition) is 3. The summed E-state index contributed by atoms with van der Waals surface area (Å²) < 4.78 is 13.1. The van der Waals surface area contributed by atoms with Gasteiger partial charge < -0.3 is 15.3 Å². The highest BCUT2D eigenvalue weighted by Gasteiger charge is 2.19. The Morgan fingerprint density at radius 3 is 2.74 bits per heavy atom. The Labute approximate surface area is 111 Å². The van der Waals surface area contributed by atoms with E-state index in [1.807, 2.05) is 0 Å². The molecule has 0 aliphatic rings. The minimum absolute atomic E-state index is 0.136. The van der Waals surface area contributed by atoms with Crippen LogP contribution in [0.25, 0.3) is 0 Å². The van der Waals surface area contributed by atoms with E-state index in [1.54, 1.807) is 19.9 Å². The van der Waals surface area contributed by atoms with Crippen LogP contribution in [-0.2, 0) is 0 Å². The van der Waals surface area contributed by atoms with Gasteiger partial charge in [-0.3, -0.25) is 0 Å². The van der Waals surface area contributed by atoms with Crippen molar-refractivity contribution in [2.24, 2.45) is 0 Å². The molecule has 0 fully saturated rings. The average Bonchev–Trinajstić information content (AvgIpc) is 2.29. The molecule has 0 atom stereocenters. The van der Waals surface area contributed by atoms with Crippen molar-refractivity contribution in [1.82, 2.24) is 4.90 Å². The highest BCUT2D eigenvalue weighted by molar-refractivity contribution is 5.89. The molecule has 102 valence electrons. The maximum atomic E-state index is 13.1. The van der Waals surface area contributed by atoms with Crippen molar-refractivity contribution in [2.75, 3.05) is 18.9 Å². The van der Waals surface area contributed by atoms with Crippen LogP contribution in [0.2, 0.25) is 0 Å². The summed E-state index contributed by atoms with van der Waals surface area (Å²) in [5.41, 5.74) is -0.819. The largest absolute Gasteiger partial charge is 0.389 e. The maximum Gasteiger partial charge on any atom is 0.321 e. The zero-order chi connectivity index (χ0) is 14.6. The second-order valence-corrected chi connectivity index (χ2v) is 4.91. The number of rotatable bonds is 3. The first kappa shape index (κ1) is 14.9. The number of nitrogens with zero attached hydrogens (tertiary/aromatic N) is 2. The summed E-state index contributed by atoms with van der Waals surface area (Å²) in [5, 5.41) is 20.8. The number of urea groups is 1. The molecule has 1 aromatic carbocycles. The number of carbonyl (C=O) groups is 1. The van der Waals surface area contributed by atoms with E-state index in [2.05, 4.69) is 5.32 Å². The van der Waals surface area contributed by atoms with E-state index in [-0.39, 0.29) is 12.1 Å². The molecule has 0 radical (unpaired) electrons. The van der Waals surface area contributed by atoms with Gasteiger partial charge in [-0.2, -0.15) is 5.26 Å². The second-order valence-electron chi connectivity index (χ2n) is 4.91. The molecule has 0 saturated carbocycles. The highest BCUT2D eigenvalue weighted by atomic mass is 19.1. The predicted octanol–water partition coefficient (Wildman–Crippen LogP) is 1.93. The average molecular weight is 265 g/mol. The van der Waals surface area contributed by atoms with Crippen molar-refractivity contribution >= 4 is 11.7 Å². The Morgan fingerprint density at radius 1 is 1.58 bits per heavy atom. The molecule has 2 amide bonds. The van der Waals surface area contributed by atoms with Crippen molar-refractivity contribution < 1.29 is 14.3 Å². The lowest BCUT2D eigenvalue weighted by Gasteiger charge is -2.25. The summed E-state index contributed by atoms with van der Waals surface area (Å²) in [4.78, 5) is 13.1. The molecule has 6 heteroatoms. The third kappa shape index (κ3) is 4.56. The second kappa shape index (κ2) is 5.67. The predicted molar refractivity (Wildman–Crippen MR) is 69.1 cm³/mol. The van der Waals surface area contributed by atoms with Crippen molar-refractivity contribution in [2.45, 2.75) is 19.4 Å². The fraction of sp³-hybridized carbons (Fsp3) is 0.385. The first-order valence-electron chi connectivity index (χ1n) is 5.67.